The van der Waals surface area contributed by atoms with Crippen LogP contribution in [0.4, 0.5) is 10.1 Å². The quantitative estimate of drug-likeness (QED) is 0.200. The first kappa shape index (κ1) is 33.2. The molecule has 0 radical (unpaired) electrons. The van der Waals surface area contributed by atoms with Gasteiger partial charge in [-0.1, -0.05) is 18.2 Å². The Hall–Kier alpha value is -5.73. The summed E-state index contributed by atoms with van der Waals surface area (Å²) < 4.78 is 46.4. The molecule has 254 valence electrons. The van der Waals surface area contributed by atoms with Crippen molar-refractivity contribution in [3.8, 4) is 28.7 Å². The molecule has 2 aromatic heterocycles. The zero-order valence-electron chi connectivity index (χ0n) is 27.1. The lowest BCUT2D eigenvalue weighted by Crippen LogP contribution is -2.32. The number of amides is 1. The van der Waals surface area contributed by atoms with Crippen LogP contribution in [-0.4, -0.2) is 59.2 Å². The molecule has 0 aliphatic carbocycles. The summed E-state index contributed by atoms with van der Waals surface area (Å²) in [7, 11) is 4.64. The fourth-order valence-corrected chi connectivity index (χ4v) is 5.72. The molecule has 3 heterocycles. The summed E-state index contributed by atoms with van der Waals surface area (Å²) >= 11 is 0. The maximum atomic E-state index is 15.5. The molecule has 3 unspecified atom stereocenters. The second-order valence-electron chi connectivity index (χ2n) is 11.4. The Morgan fingerprint density at radius 2 is 1.76 bits per heavy atom. The van der Waals surface area contributed by atoms with Crippen LogP contribution in [0.25, 0.3) is 16.6 Å². The summed E-state index contributed by atoms with van der Waals surface area (Å²) in [6.45, 7) is 1.56. The summed E-state index contributed by atoms with van der Waals surface area (Å²) in [6.07, 6.45) is 0.315. The van der Waals surface area contributed by atoms with Crippen molar-refractivity contribution in [2.24, 2.45) is 12.8 Å². The van der Waals surface area contributed by atoms with E-state index < -0.39 is 41.5 Å². The smallest absolute Gasteiger partial charge is 0.322 e. The SMILES string of the molecule is COc1cc2nccc(Oc3ccc(NC(=O)c4c(C5CC(OC(=O)C(C)N)CO5)n(C)n(-c5ccccc5)c4=O)cc3F)c2cc1OC. The number of hydrogen-bond acceptors (Lipinski definition) is 10. The standard InChI is InChI=1S/C35H34FN5O8/c1-19(37)35(44)48-22-15-30(47-18-22)32-31(34(43)41(40(32)2)21-8-6-5-7-9-21)33(42)39-20-10-11-27(24(36)14-20)49-26-12-13-38-25-17-29(46-4)28(45-3)16-23(25)26/h5-14,16-17,19,22,30H,15,18,37H2,1-4H3,(H,39,42). The van der Waals surface area contributed by atoms with E-state index in [1.807, 2.05) is 0 Å². The number of ether oxygens (including phenoxy) is 5. The van der Waals surface area contributed by atoms with Gasteiger partial charge in [-0.2, -0.15) is 0 Å². The number of carbonyl (C=O) groups excluding carboxylic acids is 2. The molecule has 49 heavy (non-hydrogen) atoms. The van der Waals surface area contributed by atoms with Gasteiger partial charge in [0.15, 0.2) is 23.1 Å². The van der Waals surface area contributed by atoms with Crippen LogP contribution in [0, 0.1) is 5.82 Å². The van der Waals surface area contributed by atoms with E-state index >= 15 is 4.39 Å². The summed E-state index contributed by atoms with van der Waals surface area (Å²) in [5.41, 5.74) is 6.24. The number of rotatable bonds is 10. The van der Waals surface area contributed by atoms with Gasteiger partial charge < -0.3 is 34.7 Å². The molecule has 3 atom stereocenters. The molecule has 13 nitrogen and oxygen atoms in total. The highest BCUT2D eigenvalue weighted by Gasteiger charge is 2.37. The predicted octanol–water partition coefficient (Wildman–Crippen LogP) is 4.65. The monoisotopic (exact) mass is 671 g/mol. The van der Waals surface area contributed by atoms with Gasteiger partial charge in [-0.05, 0) is 43.3 Å². The lowest BCUT2D eigenvalue weighted by Gasteiger charge is -2.16. The molecule has 1 amide bonds. The van der Waals surface area contributed by atoms with Crippen molar-refractivity contribution in [1.82, 2.24) is 14.3 Å². The summed E-state index contributed by atoms with van der Waals surface area (Å²) in [4.78, 5) is 44.2. The normalized spacial score (nSPS) is 16.3. The molecule has 5 aromatic rings. The van der Waals surface area contributed by atoms with Gasteiger partial charge in [0.2, 0.25) is 0 Å². The van der Waals surface area contributed by atoms with Gasteiger partial charge in [0.1, 0.15) is 29.6 Å². The minimum atomic E-state index is -0.822. The fraction of sp³-hybridized carbons (Fsp3) is 0.257. The zero-order chi connectivity index (χ0) is 34.8. The van der Waals surface area contributed by atoms with Crippen LogP contribution in [0.15, 0.2) is 77.7 Å². The van der Waals surface area contributed by atoms with Crippen LogP contribution in [0.3, 0.4) is 0 Å². The molecule has 0 spiro atoms. The average molecular weight is 672 g/mol. The fourth-order valence-electron chi connectivity index (χ4n) is 5.72. The molecule has 14 heteroatoms. The number of nitrogens with zero attached hydrogens (tertiary/aromatic N) is 3. The van der Waals surface area contributed by atoms with Crippen molar-refractivity contribution in [2.45, 2.75) is 31.6 Å². The van der Waals surface area contributed by atoms with Crippen molar-refractivity contribution in [1.29, 1.82) is 0 Å². The molecular weight excluding hydrogens is 637 g/mol. The van der Waals surface area contributed by atoms with Crippen LogP contribution >= 0.6 is 0 Å². The number of hydrogen-bond donors (Lipinski definition) is 2. The van der Waals surface area contributed by atoms with Gasteiger partial charge in [0, 0.05) is 42.9 Å². The minimum Gasteiger partial charge on any atom is -0.493 e. The van der Waals surface area contributed by atoms with Crippen LogP contribution in [0.1, 0.15) is 35.5 Å². The number of methoxy groups -OCH3 is 2. The van der Waals surface area contributed by atoms with E-state index in [-0.39, 0.29) is 35.7 Å². The molecule has 3 aromatic carbocycles. The number of fused-ring (bicyclic) bond motifs is 1. The molecule has 1 aliphatic heterocycles. The number of esters is 1. The Bertz CT molecular complexity index is 2100. The minimum absolute atomic E-state index is 0.0503. The van der Waals surface area contributed by atoms with E-state index in [0.717, 1.165) is 6.07 Å². The van der Waals surface area contributed by atoms with Gasteiger partial charge in [0.05, 0.1) is 37.7 Å². The number of halogens is 1. The first-order valence-corrected chi connectivity index (χ1v) is 15.3. The Kier molecular flexibility index (Phi) is 9.33. The van der Waals surface area contributed by atoms with Crippen molar-refractivity contribution < 1.29 is 37.7 Å². The molecular formula is C35H34FN5O8. The summed E-state index contributed by atoms with van der Waals surface area (Å²) in [5.74, 6) is -1.00. The molecule has 0 bridgehead atoms. The number of carbonyl (C=O) groups is 2. The van der Waals surface area contributed by atoms with Gasteiger partial charge in [0.25, 0.3) is 11.5 Å². The highest BCUT2D eigenvalue weighted by atomic mass is 19.1. The average Bonchev–Trinajstić information content (AvgIpc) is 3.66. The Morgan fingerprint density at radius 1 is 1.02 bits per heavy atom. The first-order valence-electron chi connectivity index (χ1n) is 15.3. The molecule has 1 aliphatic rings. The van der Waals surface area contributed by atoms with Crippen LogP contribution < -0.4 is 30.8 Å². The largest absolute Gasteiger partial charge is 0.493 e. The second-order valence-corrected chi connectivity index (χ2v) is 11.4. The molecule has 3 N–H and O–H groups in total. The number of nitrogens with two attached hydrogens (primary N) is 1. The summed E-state index contributed by atoms with van der Waals surface area (Å²) in [5, 5.41) is 3.21. The lowest BCUT2D eigenvalue weighted by molar-refractivity contribution is -0.150. The van der Waals surface area contributed by atoms with Crippen LogP contribution in [0.2, 0.25) is 0 Å². The topological polar surface area (TPSA) is 158 Å². The van der Waals surface area contributed by atoms with E-state index in [1.165, 1.54) is 48.8 Å². The van der Waals surface area contributed by atoms with Gasteiger partial charge in [-0.15, -0.1) is 0 Å². The number of anilines is 1. The van der Waals surface area contributed by atoms with Crippen LogP contribution in [-0.2, 0) is 21.3 Å². The number of pyridine rings is 1. The third-order valence-electron chi connectivity index (χ3n) is 8.08. The van der Waals surface area contributed by atoms with E-state index in [0.29, 0.717) is 33.8 Å². The summed E-state index contributed by atoms with van der Waals surface area (Å²) in [6, 6.07) is 16.8. The predicted molar refractivity (Wildman–Crippen MR) is 177 cm³/mol. The van der Waals surface area contributed by atoms with Crippen LogP contribution in [0.5, 0.6) is 23.0 Å². The Morgan fingerprint density at radius 3 is 2.45 bits per heavy atom. The molecule has 1 fully saturated rings. The van der Waals surface area contributed by atoms with E-state index in [2.05, 4.69) is 10.3 Å². The van der Waals surface area contributed by atoms with Gasteiger partial charge >= 0.3 is 5.97 Å². The Labute approximate surface area is 279 Å². The lowest BCUT2D eigenvalue weighted by atomic mass is 10.1. The number of aromatic nitrogens is 3. The second kappa shape index (κ2) is 13.8. The van der Waals surface area contributed by atoms with Gasteiger partial charge in [-0.25, -0.2) is 9.07 Å². The van der Waals surface area contributed by atoms with E-state index in [4.69, 9.17) is 29.4 Å². The maximum Gasteiger partial charge on any atom is 0.322 e. The van der Waals surface area contributed by atoms with E-state index in [1.54, 1.807) is 55.6 Å². The molecule has 0 saturated carbocycles. The molecule has 6 rings (SSSR count). The number of benzene rings is 3. The highest BCUT2D eigenvalue weighted by Crippen LogP contribution is 2.38. The maximum absolute atomic E-state index is 15.5. The van der Waals surface area contributed by atoms with Crippen molar-refractivity contribution in [3.05, 3.63) is 100 Å². The van der Waals surface area contributed by atoms with Crippen molar-refractivity contribution in [2.75, 3.05) is 26.1 Å². The van der Waals surface area contributed by atoms with Gasteiger partial charge in [-0.3, -0.25) is 24.0 Å². The third kappa shape index (κ3) is 6.55. The van der Waals surface area contributed by atoms with E-state index in [9.17, 15) is 14.4 Å². The van der Waals surface area contributed by atoms with Crippen molar-refractivity contribution >= 4 is 28.5 Å². The Balaban J connectivity index is 1.29. The number of para-hydroxylation sites is 1. The number of nitrogens with one attached hydrogen (secondary N) is 1. The molecule has 1 saturated heterocycles. The third-order valence-corrected chi connectivity index (χ3v) is 8.08. The zero-order valence-corrected chi connectivity index (χ0v) is 27.1. The highest BCUT2D eigenvalue weighted by molar-refractivity contribution is 6.05. The first-order chi connectivity index (χ1) is 23.6. The van der Waals surface area contributed by atoms with Crippen molar-refractivity contribution in [3.63, 3.8) is 0 Å².